The fourth-order valence-electron chi connectivity index (χ4n) is 0.742. The molecule has 0 rings (SSSR count). The zero-order valence-corrected chi connectivity index (χ0v) is 9.19. The van der Waals surface area contributed by atoms with Gasteiger partial charge in [0, 0.05) is 28.6 Å². The Labute approximate surface area is 81.7 Å². The first-order chi connectivity index (χ1) is 5.97. The van der Waals surface area contributed by atoms with E-state index in [9.17, 15) is 9.00 Å². The molecule has 2 atom stereocenters. The molecule has 78 valence electrons. The molecule has 0 radical (unpaired) electrons. The molecule has 4 nitrogen and oxygen atoms in total. The predicted octanol–water partition coefficient (Wildman–Crippen LogP) is -0.393. The smallest absolute Gasteiger partial charge is 0.232 e. The first-order valence-corrected chi connectivity index (χ1v) is 5.72. The van der Waals surface area contributed by atoms with Crippen LogP contribution in [0.4, 0.5) is 0 Å². The summed E-state index contributed by atoms with van der Waals surface area (Å²) in [4.78, 5) is 11.1. The number of amides is 1. The lowest BCUT2D eigenvalue weighted by Gasteiger charge is -2.10. The number of rotatable bonds is 5. The van der Waals surface area contributed by atoms with Crippen molar-refractivity contribution >= 4 is 16.7 Å². The van der Waals surface area contributed by atoms with Gasteiger partial charge in [0.15, 0.2) is 0 Å². The highest BCUT2D eigenvalue weighted by Crippen LogP contribution is 1.93. The highest BCUT2D eigenvalue weighted by molar-refractivity contribution is 7.86. The Balaban J connectivity index is 3.85. The summed E-state index contributed by atoms with van der Waals surface area (Å²) in [5.74, 6) is -0.120. The quantitative estimate of drug-likeness (QED) is 0.643. The summed E-state index contributed by atoms with van der Waals surface area (Å²) in [6.45, 7) is 5.86. The molecular weight excluding hydrogens is 188 g/mol. The Bertz CT molecular complexity index is 195. The first kappa shape index (κ1) is 12.6. The molecule has 1 amide bonds. The van der Waals surface area contributed by atoms with Gasteiger partial charge in [-0.1, -0.05) is 0 Å². The van der Waals surface area contributed by atoms with Crippen LogP contribution in [0.25, 0.3) is 0 Å². The minimum absolute atomic E-state index is 0.0521. The second kappa shape index (κ2) is 6.10. The van der Waals surface area contributed by atoms with E-state index in [2.05, 4.69) is 5.32 Å². The molecule has 0 aliphatic carbocycles. The van der Waals surface area contributed by atoms with Crippen LogP contribution in [-0.2, 0) is 15.6 Å². The highest BCUT2D eigenvalue weighted by atomic mass is 32.2. The molecule has 13 heavy (non-hydrogen) atoms. The molecule has 0 saturated heterocycles. The summed E-state index contributed by atoms with van der Waals surface area (Å²) < 4.78 is 11.3. The lowest BCUT2D eigenvalue weighted by atomic mass is 10.4. The third-order valence-corrected chi connectivity index (χ3v) is 3.14. The minimum Gasteiger partial charge on any atom is -0.353 e. The van der Waals surface area contributed by atoms with Gasteiger partial charge >= 0.3 is 0 Å². The number of nitrogens with one attached hydrogen (secondary N) is 1. The fourth-order valence-corrected chi connectivity index (χ4v) is 1.58. The maximum atomic E-state index is 11.3. The van der Waals surface area contributed by atoms with Crippen molar-refractivity contribution in [3.05, 3.63) is 0 Å². The molecule has 0 fully saturated rings. The van der Waals surface area contributed by atoms with Crippen LogP contribution in [0.1, 0.15) is 20.8 Å². The number of hydrogen-bond acceptors (Lipinski definition) is 3. The highest BCUT2D eigenvalue weighted by Gasteiger charge is 2.13. The van der Waals surface area contributed by atoms with Crippen molar-refractivity contribution in [2.24, 2.45) is 5.73 Å². The van der Waals surface area contributed by atoms with Crippen LogP contribution in [-0.4, -0.2) is 33.7 Å². The van der Waals surface area contributed by atoms with E-state index in [0.717, 1.165) is 0 Å². The summed E-state index contributed by atoms with van der Waals surface area (Å²) in [5.41, 5.74) is 5.33. The van der Waals surface area contributed by atoms with Gasteiger partial charge in [0.05, 0.1) is 0 Å². The summed E-state index contributed by atoms with van der Waals surface area (Å²) in [6, 6.07) is 0.0951. The van der Waals surface area contributed by atoms with E-state index >= 15 is 0 Å². The fraction of sp³-hybridized carbons (Fsp3) is 0.875. The molecule has 2 unspecified atom stereocenters. The molecule has 5 heteroatoms. The van der Waals surface area contributed by atoms with E-state index in [4.69, 9.17) is 5.73 Å². The molecule has 0 aromatic heterocycles. The van der Waals surface area contributed by atoms with Crippen molar-refractivity contribution in [3.63, 3.8) is 0 Å². The second-order valence-electron chi connectivity index (χ2n) is 3.29. The van der Waals surface area contributed by atoms with Crippen molar-refractivity contribution < 1.29 is 9.00 Å². The van der Waals surface area contributed by atoms with Gasteiger partial charge < -0.3 is 11.1 Å². The molecule has 0 saturated carbocycles. The van der Waals surface area contributed by atoms with Crippen molar-refractivity contribution in [2.45, 2.75) is 32.1 Å². The topological polar surface area (TPSA) is 72.2 Å². The minimum atomic E-state index is -1.15. The van der Waals surface area contributed by atoms with Gasteiger partial charge in [0.25, 0.3) is 0 Å². The van der Waals surface area contributed by atoms with Crippen LogP contribution in [0.2, 0.25) is 0 Å². The Morgan fingerprint density at radius 1 is 1.46 bits per heavy atom. The molecule has 0 spiro atoms. The van der Waals surface area contributed by atoms with Crippen molar-refractivity contribution in [1.29, 1.82) is 0 Å². The molecule has 0 aliphatic heterocycles. The maximum absolute atomic E-state index is 11.3. The van der Waals surface area contributed by atoms with E-state index in [0.29, 0.717) is 6.54 Å². The molecule has 0 aliphatic rings. The largest absolute Gasteiger partial charge is 0.353 e. The van der Waals surface area contributed by atoms with E-state index in [1.165, 1.54) is 0 Å². The lowest BCUT2D eigenvalue weighted by Crippen LogP contribution is -2.36. The van der Waals surface area contributed by atoms with E-state index < -0.39 is 10.8 Å². The van der Waals surface area contributed by atoms with Gasteiger partial charge in [-0.2, -0.15) is 0 Å². The molecular formula is C8H18N2O2S. The average molecular weight is 206 g/mol. The number of hydrogen-bond donors (Lipinski definition) is 2. The molecule has 0 aromatic carbocycles. The Morgan fingerprint density at radius 3 is 2.38 bits per heavy atom. The van der Waals surface area contributed by atoms with E-state index in [1.54, 1.807) is 6.92 Å². The molecule has 0 aromatic rings. The zero-order valence-electron chi connectivity index (χ0n) is 8.37. The maximum Gasteiger partial charge on any atom is 0.232 e. The Hall–Kier alpha value is -0.420. The van der Waals surface area contributed by atoms with Crippen LogP contribution in [0.15, 0.2) is 0 Å². The van der Waals surface area contributed by atoms with E-state index in [1.807, 2.05) is 13.8 Å². The third kappa shape index (κ3) is 5.76. The standard InChI is InChI=1S/C8H18N2O2S/c1-6(2)10-8(11)5-13(12)7(3)4-9/h6-7H,4-5,9H2,1-3H3,(H,10,11). The van der Waals surface area contributed by atoms with Gasteiger partial charge in [-0.05, 0) is 20.8 Å². The summed E-state index contributed by atoms with van der Waals surface area (Å²) in [6.07, 6.45) is 0. The van der Waals surface area contributed by atoms with Crippen LogP contribution >= 0.6 is 0 Å². The van der Waals surface area contributed by atoms with Gasteiger partial charge in [-0.3, -0.25) is 9.00 Å². The molecule has 0 bridgehead atoms. The van der Waals surface area contributed by atoms with Gasteiger partial charge in [-0.25, -0.2) is 0 Å². The third-order valence-electron chi connectivity index (χ3n) is 1.50. The van der Waals surface area contributed by atoms with Crippen LogP contribution < -0.4 is 11.1 Å². The summed E-state index contributed by atoms with van der Waals surface area (Å²) >= 11 is 0. The number of carbonyl (C=O) groups is 1. The Morgan fingerprint density at radius 2 is 2.00 bits per heavy atom. The predicted molar refractivity (Wildman–Crippen MR) is 54.8 cm³/mol. The second-order valence-corrected chi connectivity index (χ2v) is 5.15. The van der Waals surface area contributed by atoms with Crippen LogP contribution in [0.3, 0.4) is 0 Å². The average Bonchev–Trinajstić information content (AvgIpc) is 2.01. The lowest BCUT2D eigenvalue weighted by molar-refractivity contribution is -0.119. The van der Waals surface area contributed by atoms with Crippen molar-refractivity contribution in [3.8, 4) is 0 Å². The Kier molecular flexibility index (Phi) is 5.90. The zero-order chi connectivity index (χ0) is 10.4. The summed E-state index contributed by atoms with van der Waals surface area (Å²) in [5, 5.41) is 2.57. The van der Waals surface area contributed by atoms with Crippen molar-refractivity contribution in [1.82, 2.24) is 5.32 Å². The summed E-state index contributed by atoms with van der Waals surface area (Å²) in [7, 11) is -1.15. The first-order valence-electron chi connectivity index (χ1n) is 4.34. The SMILES string of the molecule is CC(C)NC(=O)CS(=O)C(C)CN. The van der Waals surface area contributed by atoms with Crippen molar-refractivity contribution in [2.75, 3.05) is 12.3 Å². The monoisotopic (exact) mass is 206 g/mol. The molecule has 3 N–H and O–H groups in total. The van der Waals surface area contributed by atoms with Crippen LogP contribution in [0.5, 0.6) is 0 Å². The van der Waals surface area contributed by atoms with Gasteiger partial charge in [0.1, 0.15) is 5.75 Å². The normalized spacial score (nSPS) is 15.5. The number of carbonyl (C=O) groups excluding carboxylic acids is 1. The van der Waals surface area contributed by atoms with E-state index in [-0.39, 0.29) is 23.0 Å². The van der Waals surface area contributed by atoms with Crippen LogP contribution in [0, 0.1) is 0 Å². The van der Waals surface area contributed by atoms with Gasteiger partial charge in [-0.15, -0.1) is 0 Å². The van der Waals surface area contributed by atoms with Gasteiger partial charge in [0.2, 0.25) is 5.91 Å². The molecule has 0 heterocycles. The number of nitrogens with two attached hydrogens (primary N) is 1.